The summed E-state index contributed by atoms with van der Waals surface area (Å²) in [5.74, 6) is 0.919. The summed E-state index contributed by atoms with van der Waals surface area (Å²) in [5.41, 5.74) is 5.48. The van der Waals surface area contributed by atoms with Gasteiger partial charge in [0, 0.05) is 54.7 Å². The smallest absolute Gasteiger partial charge is 0.324 e. The number of benzene rings is 1. The second kappa shape index (κ2) is 10.5. The van der Waals surface area contributed by atoms with Gasteiger partial charge in [0.15, 0.2) is 0 Å². The number of piperidine rings is 1. The molecule has 196 valence electrons. The zero-order valence-corrected chi connectivity index (χ0v) is 22.5. The molecule has 7 heteroatoms. The van der Waals surface area contributed by atoms with Gasteiger partial charge in [-0.05, 0) is 89.2 Å². The molecule has 3 aliphatic rings. The molecule has 0 radical (unpaired) electrons. The summed E-state index contributed by atoms with van der Waals surface area (Å²) in [6.45, 7) is 7.82. The largest absolute Gasteiger partial charge is 0.358 e. The summed E-state index contributed by atoms with van der Waals surface area (Å²) < 4.78 is 0. The highest BCUT2D eigenvalue weighted by molar-refractivity contribution is 5.96. The summed E-state index contributed by atoms with van der Waals surface area (Å²) >= 11 is 0. The van der Waals surface area contributed by atoms with E-state index in [1.807, 2.05) is 21.0 Å². The molecule has 1 unspecified atom stereocenters. The molecule has 1 aromatic carbocycles. The first-order chi connectivity index (χ1) is 17.4. The summed E-state index contributed by atoms with van der Waals surface area (Å²) in [7, 11) is 4.05. The Hall–Kier alpha value is -2.38. The predicted octanol–water partition coefficient (Wildman–Crippen LogP) is 3.98. The second-order valence-electron chi connectivity index (χ2n) is 11.4. The number of urea groups is 1. The van der Waals surface area contributed by atoms with Crippen LogP contribution in [0.2, 0.25) is 0 Å². The molecule has 5 rings (SSSR count). The molecule has 2 heterocycles. The van der Waals surface area contributed by atoms with E-state index in [0.29, 0.717) is 25.0 Å². The number of hydrogen-bond acceptors (Lipinski definition) is 4. The van der Waals surface area contributed by atoms with Crippen LogP contribution < -0.4 is 5.32 Å². The number of carbonyl (C=O) groups excluding carboxylic acids is 2. The number of fused-ring (bicyclic) bond motifs is 2. The number of imide groups is 1. The van der Waals surface area contributed by atoms with E-state index in [4.69, 9.17) is 0 Å². The molecular weight excluding hydrogens is 450 g/mol. The van der Waals surface area contributed by atoms with E-state index < -0.39 is 0 Å². The van der Waals surface area contributed by atoms with Crippen LogP contribution in [0, 0.1) is 11.8 Å². The van der Waals surface area contributed by atoms with E-state index in [9.17, 15) is 9.59 Å². The van der Waals surface area contributed by atoms with E-state index in [1.54, 1.807) is 0 Å². The number of amides is 3. The molecule has 0 spiro atoms. The van der Waals surface area contributed by atoms with Crippen molar-refractivity contribution < 1.29 is 9.59 Å². The molecule has 3 amide bonds. The first-order valence-corrected chi connectivity index (χ1v) is 14.0. The topological polar surface area (TPSA) is 71.7 Å². The quantitative estimate of drug-likeness (QED) is 0.554. The first kappa shape index (κ1) is 25.3. The number of likely N-dealkylation sites (tertiary alicyclic amines) is 1. The molecule has 7 nitrogen and oxygen atoms in total. The van der Waals surface area contributed by atoms with Gasteiger partial charge in [-0.1, -0.05) is 19.1 Å². The average Bonchev–Trinajstić information content (AvgIpc) is 3.61. The molecule has 2 aliphatic carbocycles. The molecule has 2 fully saturated rings. The van der Waals surface area contributed by atoms with Gasteiger partial charge in [0.05, 0.1) is 5.92 Å². The molecule has 2 N–H and O–H groups in total. The standard InChI is InChI=1S/C29H43N5O2/c1-5-24-23-16-26-22(21-9-7-10-25(31-24)27(21)23)15-20(18-33(26)17-19-11-12-19)28(35)34(29(36)30-6-2)14-8-13-32(3)4/h7,9-10,19-20,22,26,31H,5-6,8,11-18H2,1-4H3,(H,30,36)/t20?,22-,26-/m1/s1. The maximum Gasteiger partial charge on any atom is 0.324 e. The minimum Gasteiger partial charge on any atom is -0.358 e. The lowest BCUT2D eigenvalue weighted by atomic mass is 9.71. The molecule has 1 aliphatic heterocycles. The van der Waals surface area contributed by atoms with Crippen molar-refractivity contribution in [3.8, 4) is 0 Å². The molecule has 1 saturated heterocycles. The van der Waals surface area contributed by atoms with Gasteiger partial charge >= 0.3 is 6.03 Å². The lowest BCUT2D eigenvalue weighted by Crippen LogP contribution is -2.56. The Morgan fingerprint density at radius 3 is 2.67 bits per heavy atom. The van der Waals surface area contributed by atoms with Gasteiger partial charge in [-0.3, -0.25) is 14.6 Å². The third-order valence-corrected chi connectivity index (χ3v) is 8.51. The van der Waals surface area contributed by atoms with Crippen molar-refractivity contribution in [2.24, 2.45) is 11.8 Å². The van der Waals surface area contributed by atoms with Crippen LogP contribution in [-0.2, 0) is 17.6 Å². The Morgan fingerprint density at radius 1 is 1.17 bits per heavy atom. The van der Waals surface area contributed by atoms with Crippen molar-refractivity contribution in [2.45, 2.75) is 64.3 Å². The van der Waals surface area contributed by atoms with Gasteiger partial charge in [0.25, 0.3) is 0 Å². The van der Waals surface area contributed by atoms with Gasteiger partial charge < -0.3 is 15.2 Å². The molecule has 0 bridgehead atoms. The molecule has 3 atom stereocenters. The maximum atomic E-state index is 14.0. The highest BCUT2D eigenvalue weighted by Crippen LogP contribution is 2.47. The zero-order chi connectivity index (χ0) is 25.4. The van der Waals surface area contributed by atoms with Gasteiger partial charge in [0.2, 0.25) is 5.91 Å². The molecule has 1 saturated carbocycles. The Kier molecular flexibility index (Phi) is 7.40. The van der Waals surface area contributed by atoms with Gasteiger partial charge in [0.1, 0.15) is 0 Å². The summed E-state index contributed by atoms with van der Waals surface area (Å²) in [6.07, 6.45) is 6.27. The predicted molar refractivity (Wildman–Crippen MR) is 144 cm³/mol. The molecular formula is C29H43N5O2. The lowest BCUT2D eigenvalue weighted by Gasteiger charge is -2.47. The van der Waals surface area contributed by atoms with Crippen LogP contribution in [0.15, 0.2) is 18.2 Å². The maximum absolute atomic E-state index is 14.0. The van der Waals surface area contributed by atoms with Crippen LogP contribution in [0.3, 0.4) is 0 Å². The Bertz CT molecular complexity index is 1100. The van der Waals surface area contributed by atoms with Crippen LogP contribution in [-0.4, -0.2) is 84.5 Å². The summed E-state index contributed by atoms with van der Waals surface area (Å²) in [5, 5.41) is 4.28. The minimum absolute atomic E-state index is 0.000223. The second-order valence-corrected chi connectivity index (χ2v) is 11.4. The minimum atomic E-state index is -0.247. The van der Waals surface area contributed by atoms with Gasteiger partial charge in [-0.15, -0.1) is 0 Å². The third kappa shape index (κ3) is 4.92. The normalized spacial score (nSPS) is 23.6. The van der Waals surface area contributed by atoms with Crippen molar-refractivity contribution >= 4 is 22.8 Å². The number of hydrogen-bond donors (Lipinski definition) is 2. The zero-order valence-electron chi connectivity index (χ0n) is 22.5. The van der Waals surface area contributed by atoms with Gasteiger partial charge in [-0.2, -0.15) is 0 Å². The van der Waals surface area contributed by atoms with Crippen LogP contribution in [0.1, 0.15) is 62.3 Å². The molecule has 2 aromatic rings. The van der Waals surface area contributed by atoms with Crippen molar-refractivity contribution in [3.63, 3.8) is 0 Å². The fraction of sp³-hybridized carbons (Fsp3) is 0.655. The van der Waals surface area contributed by atoms with Crippen LogP contribution in [0.5, 0.6) is 0 Å². The Labute approximate surface area is 215 Å². The number of aryl methyl sites for hydroxylation is 1. The van der Waals surface area contributed by atoms with E-state index in [2.05, 4.69) is 45.2 Å². The Balaban J connectivity index is 1.45. The monoisotopic (exact) mass is 493 g/mol. The fourth-order valence-corrected chi connectivity index (χ4v) is 6.61. The summed E-state index contributed by atoms with van der Waals surface area (Å²) in [4.78, 5) is 36.9. The number of nitrogens with one attached hydrogen (secondary N) is 2. The number of nitrogens with zero attached hydrogens (tertiary/aromatic N) is 3. The molecule has 36 heavy (non-hydrogen) atoms. The number of aromatic amines is 1. The number of H-pyrrole nitrogens is 1. The van der Waals surface area contributed by atoms with E-state index in [-0.39, 0.29) is 17.9 Å². The van der Waals surface area contributed by atoms with Crippen molar-refractivity contribution in [3.05, 3.63) is 35.0 Å². The SMILES string of the molecule is CCNC(=O)N(CCCN(C)C)C(=O)C1C[C@@H]2c3cccc4[nH]c(CC)c(c34)C[C@H]2N(CC2CC2)C1. The van der Waals surface area contributed by atoms with Gasteiger partial charge in [-0.25, -0.2) is 4.79 Å². The third-order valence-electron chi connectivity index (χ3n) is 8.51. The lowest BCUT2D eigenvalue weighted by molar-refractivity contribution is -0.135. The van der Waals surface area contributed by atoms with Crippen molar-refractivity contribution in [1.82, 2.24) is 25.0 Å². The number of carbonyl (C=O) groups is 2. The molecule has 1 aromatic heterocycles. The van der Waals surface area contributed by atoms with Crippen molar-refractivity contribution in [1.29, 1.82) is 0 Å². The Morgan fingerprint density at radius 2 is 1.97 bits per heavy atom. The van der Waals surface area contributed by atoms with E-state index in [1.165, 1.54) is 45.5 Å². The average molecular weight is 494 g/mol. The van der Waals surface area contributed by atoms with Crippen LogP contribution >= 0.6 is 0 Å². The highest BCUT2D eigenvalue weighted by Gasteiger charge is 2.45. The van der Waals surface area contributed by atoms with E-state index >= 15 is 0 Å². The number of rotatable bonds is 9. The highest BCUT2D eigenvalue weighted by atomic mass is 16.2. The van der Waals surface area contributed by atoms with Crippen LogP contribution in [0.4, 0.5) is 4.79 Å². The van der Waals surface area contributed by atoms with E-state index in [0.717, 1.165) is 51.2 Å². The van der Waals surface area contributed by atoms with Crippen molar-refractivity contribution in [2.75, 3.05) is 46.8 Å². The summed E-state index contributed by atoms with van der Waals surface area (Å²) in [6, 6.07) is 6.83. The number of aromatic nitrogens is 1. The fourth-order valence-electron chi connectivity index (χ4n) is 6.61. The van der Waals surface area contributed by atoms with Crippen LogP contribution in [0.25, 0.3) is 10.9 Å². The first-order valence-electron chi connectivity index (χ1n) is 14.0.